The van der Waals surface area contributed by atoms with Gasteiger partial charge in [-0.1, -0.05) is 0 Å². The van der Waals surface area contributed by atoms with E-state index in [1.165, 1.54) is 0 Å². The van der Waals surface area contributed by atoms with Gasteiger partial charge in [-0.2, -0.15) is 0 Å². The van der Waals surface area contributed by atoms with Crippen LogP contribution in [-0.2, 0) is 11.2 Å². The Hall–Kier alpha value is -1.55. The van der Waals surface area contributed by atoms with Crippen molar-refractivity contribution in [3.8, 4) is 0 Å². The summed E-state index contributed by atoms with van der Waals surface area (Å²) in [6.07, 6.45) is 1.51. The van der Waals surface area contributed by atoms with Crippen molar-refractivity contribution in [1.29, 1.82) is 0 Å². The van der Waals surface area contributed by atoms with Gasteiger partial charge in [0.15, 0.2) is 0 Å². The number of nitrogens with zero attached hydrogens (tertiary/aromatic N) is 1. The maximum Gasteiger partial charge on any atom is 0.231 e. The van der Waals surface area contributed by atoms with E-state index in [9.17, 15) is 4.79 Å². The molecular formula is C13H19N3O. The van der Waals surface area contributed by atoms with Crippen LogP contribution in [0.1, 0.15) is 12.0 Å². The van der Waals surface area contributed by atoms with Crippen LogP contribution in [0.15, 0.2) is 18.2 Å². The molecule has 1 heterocycles. The molecule has 0 spiro atoms. The monoisotopic (exact) mass is 233 g/mol. The minimum Gasteiger partial charge on any atom is -0.388 e. The Morgan fingerprint density at radius 3 is 2.88 bits per heavy atom. The molecule has 0 atom stereocenters. The number of benzene rings is 1. The Balaban J connectivity index is 2.13. The molecule has 1 aliphatic rings. The zero-order chi connectivity index (χ0) is 12.3. The topological polar surface area (TPSA) is 44.4 Å². The molecular weight excluding hydrogens is 214 g/mol. The lowest BCUT2D eigenvalue weighted by atomic mass is 10.1. The van der Waals surface area contributed by atoms with Crippen LogP contribution in [0, 0.1) is 0 Å². The Labute approximate surface area is 102 Å². The summed E-state index contributed by atoms with van der Waals surface area (Å²) in [6.45, 7) is 1.74. The van der Waals surface area contributed by atoms with E-state index in [1.807, 2.05) is 31.1 Å². The van der Waals surface area contributed by atoms with Crippen molar-refractivity contribution in [1.82, 2.24) is 5.32 Å². The maximum absolute atomic E-state index is 11.9. The Morgan fingerprint density at radius 1 is 1.35 bits per heavy atom. The van der Waals surface area contributed by atoms with E-state index in [0.717, 1.165) is 36.4 Å². The fourth-order valence-electron chi connectivity index (χ4n) is 2.20. The molecule has 0 aromatic heterocycles. The molecule has 1 aromatic rings. The molecule has 0 aliphatic carbocycles. The molecule has 1 aliphatic heterocycles. The second-order valence-corrected chi connectivity index (χ2v) is 4.27. The van der Waals surface area contributed by atoms with E-state index in [0.29, 0.717) is 6.42 Å². The first-order valence-corrected chi connectivity index (χ1v) is 6.02. The van der Waals surface area contributed by atoms with E-state index in [-0.39, 0.29) is 5.91 Å². The fraction of sp³-hybridized carbons (Fsp3) is 0.462. The molecule has 92 valence electrons. The number of amides is 1. The lowest BCUT2D eigenvalue weighted by Gasteiger charge is -2.17. The van der Waals surface area contributed by atoms with Crippen LogP contribution in [0.3, 0.4) is 0 Å². The van der Waals surface area contributed by atoms with Crippen molar-refractivity contribution in [2.45, 2.75) is 12.8 Å². The van der Waals surface area contributed by atoms with Gasteiger partial charge >= 0.3 is 0 Å². The predicted octanol–water partition coefficient (Wildman–Crippen LogP) is 1.23. The minimum absolute atomic E-state index is 0.212. The summed E-state index contributed by atoms with van der Waals surface area (Å²) in [5, 5.41) is 6.20. The highest BCUT2D eigenvalue weighted by molar-refractivity contribution is 6.01. The van der Waals surface area contributed by atoms with Gasteiger partial charge < -0.3 is 15.5 Å². The number of fused-ring (bicyclic) bond motifs is 1. The van der Waals surface area contributed by atoms with Crippen molar-refractivity contribution >= 4 is 17.3 Å². The van der Waals surface area contributed by atoms with Crippen LogP contribution in [0.4, 0.5) is 11.4 Å². The van der Waals surface area contributed by atoms with Crippen LogP contribution < -0.4 is 15.5 Å². The number of carbonyl (C=O) groups excluding carboxylic acids is 1. The van der Waals surface area contributed by atoms with E-state index < -0.39 is 0 Å². The third kappa shape index (κ3) is 2.42. The number of nitrogens with one attached hydrogen (secondary N) is 2. The molecule has 0 saturated heterocycles. The normalized spacial score (nSPS) is 14.0. The van der Waals surface area contributed by atoms with Crippen LogP contribution >= 0.6 is 0 Å². The van der Waals surface area contributed by atoms with E-state index in [1.54, 1.807) is 0 Å². The molecule has 2 N–H and O–H groups in total. The summed E-state index contributed by atoms with van der Waals surface area (Å²) in [4.78, 5) is 13.8. The van der Waals surface area contributed by atoms with E-state index in [4.69, 9.17) is 0 Å². The smallest absolute Gasteiger partial charge is 0.231 e. The van der Waals surface area contributed by atoms with Gasteiger partial charge in [-0.25, -0.2) is 0 Å². The Kier molecular flexibility index (Phi) is 3.64. The summed E-state index contributed by atoms with van der Waals surface area (Å²) < 4.78 is 0. The first-order chi connectivity index (χ1) is 8.26. The van der Waals surface area contributed by atoms with Gasteiger partial charge in [-0.15, -0.1) is 0 Å². The third-order valence-corrected chi connectivity index (χ3v) is 3.11. The predicted molar refractivity (Wildman–Crippen MR) is 70.6 cm³/mol. The van der Waals surface area contributed by atoms with Gasteiger partial charge in [0.05, 0.1) is 6.42 Å². The highest BCUT2D eigenvalue weighted by Gasteiger charge is 2.26. The average Bonchev–Trinajstić information content (AvgIpc) is 2.65. The molecule has 0 bridgehead atoms. The molecule has 17 heavy (non-hydrogen) atoms. The molecule has 0 radical (unpaired) electrons. The molecule has 4 nitrogen and oxygen atoms in total. The van der Waals surface area contributed by atoms with E-state index in [2.05, 4.69) is 16.7 Å². The van der Waals surface area contributed by atoms with Gasteiger partial charge in [0.25, 0.3) is 0 Å². The average molecular weight is 233 g/mol. The van der Waals surface area contributed by atoms with Crippen molar-refractivity contribution < 1.29 is 4.79 Å². The van der Waals surface area contributed by atoms with Crippen LogP contribution in [0.25, 0.3) is 0 Å². The number of hydrogen-bond acceptors (Lipinski definition) is 3. The molecule has 0 unspecified atom stereocenters. The van der Waals surface area contributed by atoms with Crippen molar-refractivity contribution in [2.24, 2.45) is 0 Å². The lowest BCUT2D eigenvalue weighted by molar-refractivity contribution is -0.117. The van der Waals surface area contributed by atoms with Gasteiger partial charge in [0, 0.05) is 25.0 Å². The number of carbonyl (C=O) groups is 1. The number of anilines is 2. The SMILES string of the molecule is CNCCCN1C(=O)Cc2cc(NC)ccc21. The van der Waals surface area contributed by atoms with Crippen molar-refractivity contribution in [3.05, 3.63) is 23.8 Å². The quantitative estimate of drug-likeness (QED) is 0.752. The molecule has 1 aromatic carbocycles. The molecule has 1 amide bonds. The zero-order valence-electron chi connectivity index (χ0n) is 10.4. The fourth-order valence-corrected chi connectivity index (χ4v) is 2.20. The minimum atomic E-state index is 0.212. The number of rotatable bonds is 5. The van der Waals surface area contributed by atoms with Gasteiger partial charge in [0.1, 0.15) is 0 Å². The van der Waals surface area contributed by atoms with Crippen molar-refractivity contribution in [3.63, 3.8) is 0 Å². The van der Waals surface area contributed by atoms with Gasteiger partial charge in [-0.05, 0) is 43.8 Å². The largest absolute Gasteiger partial charge is 0.388 e. The van der Waals surface area contributed by atoms with Crippen LogP contribution in [0.5, 0.6) is 0 Å². The highest BCUT2D eigenvalue weighted by Crippen LogP contribution is 2.31. The molecule has 0 fully saturated rings. The highest BCUT2D eigenvalue weighted by atomic mass is 16.2. The maximum atomic E-state index is 11.9. The Bertz CT molecular complexity index is 417. The summed E-state index contributed by atoms with van der Waals surface area (Å²) in [7, 11) is 3.82. The molecule has 0 saturated carbocycles. The van der Waals surface area contributed by atoms with Gasteiger partial charge in [-0.3, -0.25) is 4.79 Å². The third-order valence-electron chi connectivity index (χ3n) is 3.11. The standard InChI is InChI=1S/C13H19N3O/c1-14-6-3-7-16-12-5-4-11(15-2)8-10(12)9-13(16)17/h4-5,8,14-15H,3,6-7,9H2,1-2H3. The number of hydrogen-bond donors (Lipinski definition) is 2. The second-order valence-electron chi connectivity index (χ2n) is 4.27. The first kappa shape index (κ1) is 11.9. The zero-order valence-corrected chi connectivity index (χ0v) is 10.4. The van der Waals surface area contributed by atoms with Crippen LogP contribution in [-0.4, -0.2) is 33.1 Å². The summed E-state index contributed by atoms with van der Waals surface area (Å²) >= 11 is 0. The summed E-state index contributed by atoms with van der Waals surface area (Å²) in [6, 6.07) is 6.11. The molecule has 2 rings (SSSR count). The first-order valence-electron chi connectivity index (χ1n) is 6.02. The molecule has 4 heteroatoms. The lowest BCUT2D eigenvalue weighted by Crippen LogP contribution is -2.29. The van der Waals surface area contributed by atoms with E-state index >= 15 is 0 Å². The second kappa shape index (κ2) is 5.19. The summed E-state index contributed by atoms with van der Waals surface area (Å²) in [5.74, 6) is 0.212. The van der Waals surface area contributed by atoms with Crippen molar-refractivity contribution in [2.75, 3.05) is 37.4 Å². The summed E-state index contributed by atoms with van der Waals surface area (Å²) in [5.41, 5.74) is 3.27. The van der Waals surface area contributed by atoms with Gasteiger partial charge in [0.2, 0.25) is 5.91 Å². The van der Waals surface area contributed by atoms with Crippen LogP contribution in [0.2, 0.25) is 0 Å². The Morgan fingerprint density at radius 2 is 2.18 bits per heavy atom.